The van der Waals surface area contributed by atoms with Gasteiger partial charge in [0.15, 0.2) is 0 Å². The molecule has 0 aliphatic rings. The molecular weight excluding hydrogens is 436 g/mol. The van der Waals surface area contributed by atoms with Crippen molar-refractivity contribution in [3.05, 3.63) is 82.6 Å². The van der Waals surface area contributed by atoms with Gasteiger partial charge in [0.1, 0.15) is 16.7 Å². The first-order valence-corrected chi connectivity index (χ1v) is 11.2. The SMILES string of the molecule is CCN(c1ccccc1)S(=O)(=O)c1cc(NC(=O)c2ccc(C#N)c(C)n2)ccc1Cl. The highest BCUT2D eigenvalue weighted by molar-refractivity contribution is 7.93. The number of hydrogen-bond acceptors (Lipinski definition) is 5. The van der Waals surface area contributed by atoms with E-state index in [1.807, 2.05) is 6.07 Å². The Morgan fingerprint density at radius 3 is 2.48 bits per heavy atom. The van der Waals surface area contributed by atoms with E-state index >= 15 is 0 Å². The number of aryl methyl sites for hydroxylation is 1. The van der Waals surface area contributed by atoms with E-state index in [0.29, 0.717) is 16.9 Å². The van der Waals surface area contributed by atoms with Crippen molar-refractivity contribution in [3.63, 3.8) is 0 Å². The van der Waals surface area contributed by atoms with Gasteiger partial charge in [-0.3, -0.25) is 9.10 Å². The first-order chi connectivity index (χ1) is 14.8. The Bertz CT molecular complexity index is 1270. The fourth-order valence-corrected chi connectivity index (χ4v) is 4.96. The van der Waals surface area contributed by atoms with Crippen molar-refractivity contribution in [2.75, 3.05) is 16.2 Å². The molecule has 1 amide bonds. The van der Waals surface area contributed by atoms with Crippen LogP contribution < -0.4 is 9.62 Å². The second-order valence-electron chi connectivity index (χ2n) is 6.55. The van der Waals surface area contributed by atoms with Crippen molar-refractivity contribution in [1.82, 2.24) is 4.98 Å². The third kappa shape index (κ3) is 4.68. The summed E-state index contributed by atoms with van der Waals surface area (Å²) >= 11 is 6.22. The molecule has 158 valence electrons. The van der Waals surface area contributed by atoms with Crippen LogP contribution in [-0.2, 0) is 10.0 Å². The van der Waals surface area contributed by atoms with Crippen LogP contribution in [0.5, 0.6) is 0 Å². The predicted molar refractivity (Wildman–Crippen MR) is 120 cm³/mol. The molecule has 0 unspecified atom stereocenters. The van der Waals surface area contributed by atoms with Gasteiger partial charge in [-0.2, -0.15) is 5.26 Å². The molecule has 0 saturated heterocycles. The van der Waals surface area contributed by atoms with Crippen LogP contribution in [0.1, 0.15) is 28.7 Å². The minimum absolute atomic E-state index is 0.0414. The summed E-state index contributed by atoms with van der Waals surface area (Å²) in [4.78, 5) is 16.6. The van der Waals surface area contributed by atoms with E-state index in [2.05, 4.69) is 10.3 Å². The van der Waals surface area contributed by atoms with E-state index in [-0.39, 0.29) is 27.8 Å². The first kappa shape index (κ1) is 22.3. The maximum absolute atomic E-state index is 13.3. The lowest BCUT2D eigenvalue weighted by atomic mass is 10.2. The minimum atomic E-state index is -3.98. The minimum Gasteiger partial charge on any atom is -0.321 e. The smallest absolute Gasteiger partial charge is 0.274 e. The van der Waals surface area contributed by atoms with Gasteiger partial charge in [0.05, 0.1) is 22.0 Å². The second-order valence-corrected chi connectivity index (χ2v) is 8.78. The largest absolute Gasteiger partial charge is 0.321 e. The summed E-state index contributed by atoms with van der Waals surface area (Å²) in [6.07, 6.45) is 0. The summed E-state index contributed by atoms with van der Waals surface area (Å²) in [7, 11) is -3.98. The number of halogens is 1. The quantitative estimate of drug-likeness (QED) is 0.595. The Hall–Kier alpha value is -3.41. The molecule has 0 aliphatic heterocycles. The third-order valence-electron chi connectivity index (χ3n) is 4.53. The molecule has 0 atom stereocenters. The number of carbonyl (C=O) groups excluding carboxylic acids is 1. The van der Waals surface area contributed by atoms with Gasteiger partial charge < -0.3 is 5.32 Å². The van der Waals surface area contributed by atoms with Crippen LogP contribution in [-0.4, -0.2) is 25.9 Å². The zero-order chi connectivity index (χ0) is 22.6. The van der Waals surface area contributed by atoms with E-state index in [1.165, 1.54) is 34.6 Å². The molecule has 2 aromatic carbocycles. The van der Waals surface area contributed by atoms with Crippen molar-refractivity contribution in [2.24, 2.45) is 0 Å². The number of para-hydroxylation sites is 1. The zero-order valence-corrected chi connectivity index (χ0v) is 18.4. The first-order valence-electron chi connectivity index (χ1n) is 9.34. The van der Waals surface area contributed by atoms with Gasteiger partial charge in [-0.15, -0.1) is 0 Å². The van der Waals surface area contributed by atoms with Crippen LogP contribution in [0.4, 0.5) is 11.4 Å². The number of sulfonamides is 1. The molecule has 0 aliphatic carbocycles. The van der Waals surface area contributed by atoms with Crippen molar-refractivity contribution >= 4 is 38.9 Å². The summed E-state index contributed by atoms with van der Waals surface area (Å²) in [5.74, 6) is -0.534. The number of rotatable bonds is 6. The van der Waals surface area contributed by atoms with E-state index in [1.54, 1.807) is 44.2 Å². The summed E-state index contributed by atoms with van der Waals surface area (Å²) in [5.41, 5.74) is 1.66. The maximum atomic E-state index is 13.3. The molecule has 31 heavy (non-hydrogen) atoms. The van der Waals surface area contributed by atoms with Gasteiger partial charge in [-0.25, -0.2) is 13.4 Å². The summed E-state index contributed by atoms with van der Waals surface area (Å²) in [6, 6.07) is 17.9. The maximum Gasteiger partial charge on any atom is 0.274 e. The molecule has 0 spiro atoms. The molecule has 9 heteroatoms. The number of nitrogens with zero attached hydrogens (tertiary/aromatic N) is 3. The summed E-state index contributed by atoms with van der Waals surface area (Å²) in [6.45, 7) is 3.56. The number of aromatic nitrogens is 1. The van der Waals surface area contributed by atoms with Gasteiger partial charge in [-0.1, -0.05) is 29.8 Å². The normalized spacial score (nSPS) is 10.9. The monoisotopic (exact) mass is 454 g/mol. The van der Waals surface area contributed by atoms with Crippen LogP contribution in [0.3, 0.4) is 0 Å². The lowest BCUT2D eigenvalue weighted by Crippen LogP contribution is -2.31. The molecule has 0 saturated carbocycles. The van der Waals surface area contributed by atoms with E-state index < -0.39 is 15.9 Å². The lowest BCUT2D eigenvalue weighted by molar-refractivity contribution is 0.102. The van der Waals surface area contributed by atoms with Crippen molar-refractivity contribution in [2.45, 2.75) is 18.7 Å². The van der Waals surface area contributed by atoms with Gasteiger partial charge in [-0.05, 0) is 56.3 Å². The molecular formula is C22H19ClN4O3S. The molecule has 0 fully saturated rings. The van der Waals surface area contributed by atoms with Gasteiger partial charge in [0.2, 0.25) is 0 Å². The van der Waals surface area contributed by atoms with Crippen molar-refractivity contribution < 1.29 is 13.2 Å². The Labute approximate surface area is 186 Å². The van der Waals surface area contributed by atoms with Gasteiger partial charge >= 0.3 is 0 Å². The number of carbonyl (C=O) groups is 1. The number of nitriles is 1. The van der Waals surface area contributed by atoms with E-state index in [0.717, 1.165) is 0 Å². The lowest BCUT2D eigenvalue weighted by Gasteiger charge is -2.23. The summed E-state index contributed by atoms with van der Waals surface area (Å²) in [5, 5.41) is 11.7. The number of anilines is 2. The van der Waals surface area contributed by atoms with Crippen molar-refractivity contribution in [1.29, 1.82) is 5.26 Å². The molecule has 1 heterocycles. The molecule has 3 rings (SSSR count). The predicted octanol–water partition coefficient (Wildman–Crippen LogP) is 4.38. The van der Waals surface area contributed by atoms with Gasteiger partial charge in [0, 0.05) is 12.2 Å². The number of nitrogens with one attached hydrogen (secondary N) is 1. The Kier molecular flexibility index (Phi) is 6.59. The highest BCUT2D eigenvalue weighted by Gasteiger charge is 2.26. The van der Waals surface area contributed by atoms with Crippen molar-refractivity contribution in [3.8, 4) is 6.07 Å². The number of amides is 1. The summed E-state index contributed by atoms with van der Waals surface area (Å²) < 4.78 is 27.8. The Balaban J connectivity index is 1.93. The second kappa shape index (κ2) is 9.16. The number of hydrogen-bond donors (Lipinski definition) is 1. The molecule has 0 radical (unpaired) electrons. The molecule has 7 nitrogen and oxygen atoms in total. The van der Waals surface area contributed by atoms with Crippen LogP contribution >= 0.6 is 11.6 Å². The molecule has 1 aromatic heterocycles. The Morgan fingerprint density at radius 1 is 1.16 bits per heavy atom. The number of pyridine rings is 1. The van der Waals surface area contributed by atoms with E-state index in [4.69, 9.17) is 16.9 Å². The van der Waals surface area contributed by atoms with E-state index in [9.17, 15) is 13.2 Å². The average Bonchev–Trinajstić information content (AvgIpc) is 2.76. The zero-order valence-electron chi connectivity index (χ0n) is 16.8. The average molecular weight is 455 g/mol. The van der Waals surface area contributed by atoms with Crippen LogP contribution in [0.2, 0.25) is 5.02 Å². The number of benzene rings is 2. The fraction of sp³-hybridized carbons (Fsp3) is 0.136. The standard InChI is InChI=1S/C22H19ClN4O3S/c1-3-27(18-7-5-4-6-8-18)31(29,30)21-13-17(10-11-19(21)23)26-22(28)20-12-9-16(14-24)15(2)25-20/h4-13H,3H2,1-2H3,(H,26,28). The topological polar surface area (TPSA) is 103 Å². The Morgan fingerprint density at radius 2 is 1.87 bits per heavy atom. The molecule has 3 aromatic rings. The van der Waals surface area contributed by atoms with Crippen LogP contribution in [0.15, 0.2) is 65.6 Å². The highest BCUT2D eigenvalue weighted by Crippen LogP contribution is 2.30. The van der Waals surface area contributed by atoms with Gasteiger partial charge in [0.25, 0.3) is 15.9 Å². The molecule has 0 bridgehead atoms. The van der Waals surface area contributed by atoms with Crippen LogP contribution in [0.25, 0.3) is 0 Å². The molecule has 1 N–H and O–H groups in total. The van der Waals surface area contributed by atoms with Crippen LogP contribution in [0, 0.1) is 18.3 Å². The third-order valence-corrected chi connectivity index (χ3v) is 6.91. The highest BCUT2D eigenvalue weighted by atomic mass is 35.5. The fourth-order valence-electron chi connectivity index (χ4n) is 2.98.